The van der Waals surface area contributed by atoms with Gasteiger partial charge < -0.3 is 15.4 Å². The fraction of sp³-hybridized carbons (Fsp3) is 0.0769. The number of ether oxygens (including phenoxy) is 1. The molecule has 0 fully saturated rings. The van der Waals surface area contributed by atoms with Crippen molar-refractivity contribution in [2.45, 2.75) is 6.92 Å². The molecule has 3 aromatic carbocycles. The number of para-hydroxylation sites is 1. The van der Waals surface area contributed by atoms with Gasteiger partial charge in [0.15, 0.2) is 5.13 Å². The smallest absolute Gasteiger partial charge is 0.259 e. The summed E-state index contributed by atoms with van der Waals surface area (Å²) in [5, 5.41) is 10.9. The number of benzene rings is 3. The van der Waals surface area contributed by atoms with Crippen LogP contribution in [-0.4, -0.2) is 33.7 Å². The van der Waals surface area contributed by atoms with E-state index in [9.17, 15) is 9.59 Å². The van der Waals surface area contributed by atoms with Crippen molar-refractivity contribution in [2.24, 2.45) is 0 Å². The molecular weight excluding hydrogens is 462 g/mol. The molecule has 2 heterocycles. The third-order valence-electron chi connectivity index (χ3n) is 5.25. The second kappa shape index (κ2) is 9.40. The van der Waals surface area contributed by atoms with Crippen LogP contribution in [0.3, 0.4) is 0 Å². The first-order valence-corrected chi connectivity index (χ1v) is 11.6. The SMILES string of the molecule is COc1cccc(-c2nn(-c3ccccc3)cc2C(=O)Nc2ccc3nc(NC(C)=O)sc3c2)c1. The van der Waals surface area contributed by atoms with Crippen LogP contribution in [0.25, 0.3) is 27.2 Å². The van der Waals surface area contributed by atoms with Gasteiger partial charge in [0.05, 0.1) is 28.6 Å². The Labute approximate surface area is 205 Å². The number of anilines is 2. The van der Waals surface area contributed by atoms with E-state index >= 15 is 0 Å². The van der Waals surface area contributed by atoms with Crippen LogP contribution in [0, 0.1) is 0 Å². The standard InChI is InChI=1S/C26H21N5O3S/c1-16(32)27-26-29-22-12-11-18(14-23(22)35-26)28-25(33)21-15-31(19-8-4-3-5-9-19)30-24(21)17-7-6-10-20(13-17)34-2/h3-15H,1-2H3,(H,28,33)(H,27,29,32). The van der Waals surface area contributed by atoms with E-state index in [-0.39, 0.29) is 11.8 Å². The second-order valence-corrected chi connectivity index (χ2v) is 8.77. The van der Waals surface area contributed by atoms with Gasteiger partial charge in [-0.05, 0) is 42.5 Å². The first kappa shape index (κ1) is 22.3. The number of hydrogen-bond donors (Lipinski definition) is 2. The first-order valence-electron chi connectivity index (χ1n) is 10.8. The quantitative estimate of drug-likeness (QED) is 0.338. The number of amides is 2. The number of thiazole rings is 1. The lowest BCUT2D eigenvalue weighted by Crippen LogP contribution is -2.12. The van der Waals surface area contributed by atoms with E-state index in [0.29, 0.717) is 27.8 Å². The third-order valence-corrected chi connectivity index (χ3v) is 6.19. The first-order chi connectivity index (χ1) is 17.0. The highest BCUT2D eigenvalue weighted by Gasteiger charge is 2.20. The van der Waals surface area contributed by atoms with E-state index in [4.69, 9.17) is 9.84 Å². The minimum absolute atomic E-state index is 0.182. The summed E-state index contributed by atoms with van der Waals surface area (Å²) < 4.78 is 7.90. The minimum Gasteiger partial charge on any atom is -0.497 e. The average molecular weight is 484 g/mol. The Bertz CT molecular complexity index is 1540. The molecule has 2 N–H and O–H groups in total. The summed E-state index contributed by atoms with van der Waals surface area (Å²) in [5.41, 5.74) is 3.92. The molecule has 5 rings (SSSR count). The van der Waals surface area contributed by atoms with Gasteiger partial charge >= 0.3 is 0 Å². The molecule has 2 amide bonds. The normalized spacial score (nSPS) is 10.8. The molecule has 5 aromatic rings. The van der Waals surface area contributed by atoms with Crippen LogP contribution < -0.4 is 15.4 Å². The number of hydrogen-bond acceptors (Lipinski definition) is 6. The number of fused-ring (bicyclic) bond motifs is 1. The van der Waals surface area contributed by atoms with Gasteiger partial charge in [0.1, 0.15) is 11.4 Å². The molecule has 0 radical (unpaired) electrons. The van der Waals surface area contributed by atoms with Crippen molar-refractivity contribution in [1.82, 2.24) is 14.8 Å². The number of aromatic nitrogens is 3. The van der Waals surface area contributed by atoms with E-state index in [1.165, 1.54) is 18.3 Å². The molecule has 0 bridgehead atoms. The van der Waals surface area contributed by atoms with Gasteiger partial charge in [0, 0.05) is 24.4 Å². The van der Waals surface area contributed by atoms with Gasteiger partial charge in [-0.3, -0.25) is 9.59 Å². The van der Waals surface area contributed by atoms with Crippen molar-refractivity contribution in [3.8, 4) is 22.7 Å². The van der Waals surface area contributed by atoms with E-state index < -0.39 is 0 Å². The molecule has 0 saturated carbocycles. The summed E-state index contributed by atoms with van der Waals surface area (Å²) in [5.74, 6) is 0.197. The predicted octanol–water partition coefficient (Wildman–Crippen LogP) is 5.37. The summed E-state index contributed by atoms with van der Waals surface area (Å²) in [6.07, 6.45) is 1.72. The highest BCUT2D eigenvalue weighted by Crippen LogP contribution is 2.30. The van der Waals surface area contributed by atoms with Gasteiger partial charge in [-0.1, -0.05) is 41.7 Å². The Morgan fingerprint density at radius 3 is 2.57 bits per heavy atom. The summed E-state index contributed by atoms with van der Waals surface area (Å²) >= 11 is 1.34. The van der Waals surface area contributed by atoms with Crippen LogP contribution in [0.15, 0.2) is 79.0 Å². The summed E-state index contributed by atoms with van der Waals surface area (Å²) in [6, 6.07) is 22.5. The highest BCUT2D eigenvalue weighted by atomic mass is 32.1. The summed E-state index contributed by atoms with van der Waals surface area (Å²) in [6.45, 7) is 1.44. The van der Waals surface area contributed by atoms with E-state index in [0.717, 1.165) is 21.5 Å². The topological polar surface area (TPSA) is 98.1 Å². The van der Waals surface area contributed by atoms with Crippen molar-refractivity contribution < 1.29 is 14.3 Å². The Hall–Kier alpha value is -4.50. The molecule has 35 heavy (non-hydrogen) atoms. The van der Waals surface area contributed by atoms with E-state index in [2.05, 4.69) is 15.6 Å². The zero-order valence-electron chi connectivity index (χ0n) is 19.0. The zero-order valence-corrected chi connectivity index (χ0v) is 19.8. The molecule has 9 heteroatoms. The third kappa shape index (κ3) is 4.75. The molecule has 0 aliphatic heterocycles. The van der Waals surface area contributed by atoms with Crippen molar-refractivity contribution in [3.05, 3.63) is 84.6 Å². The van der Waals surface area contributed by atoms with Gasteiger partial charge in [-0.2, -0.15) is 5.10 Å². The molecule has 0 unspecified atom stereocenters. The molecule has 174 valence electrons. The number of nitrogens with zero attached hydrogens (tertiary/aromatic N) is 3. The number of nitrogens with one attached hydrogen (secondary N) is 2. The van der Waals surface area contributed by atoms with E-state index in [1.54, 1.807) is 24.1 Å². The predicted molar refractivity (Wildman–Crippen MR) is 137 cm³/mol. The van der Waals surface area contributed by atoms with Crippen molar-refractivity contribution >= 4 is 44.2 Å². The lowest BCUT2D eigenvalue weighted by Gasteiger charge is -2.06. The highest BCUT2D eigenvalue weighted by molar-refractivity contribution is 7.22. The van der Waals surface area contributed by atoms with E-state index in [1.807, 2.05) is 66.7 Å². The summed E-state index contributed by atoms with van der Waals surface area (Å²) in [4.78, 5) is 29.2. The van der Waals surface area contributed by atoms with Crippen LogP contribution in [-0.2, 0) is 4.79 Å². The lowest BCUT2D eigenvalue weighted by atomic mass is 10.1. The Balaban J connectivity index is 1.50. The lowest BCUT2D eigenvalue weighted by molar-refractivity contribution is -0.114. The average Bonchev–Trinajstić information content (AvgIpc) is 3.48. The largest absolute Gasteiger partial charge is 0.497 e. The van der Waals surface area contributed by atoms with Crippen LogP contribution in [0.2, 0.25) is 0 Å². The Morgan fingerprint density at radius 1 is 0.971 bits per heavy atom. The van der Waals surface area contributed by atoms with Gasteiger partial charge in [-0.15, -0.1) is 0 Å². The van der Waals surface area contributed by atoms with Crippen molar-refractivity contribution in [1.29, 1.82) is 0 Å². The maximum absolute atomic E-state index is 13.4. The fourth-order valence-corrected chi connectivity index (χ4v) is 4.59. The van der Waals surface area contributed by atoms with Gasteiger partial charge in [-0.25, -0.2) is 9.67 Å². The molecule has 0 saturated heterocycles. The Morgan fingerprint density at radius 2 is 1.80 bits per heavy atom. The summed E-state index contributed by atoms with van der Waals surface area (Å²) in [7, 11) is 1.60. The number of carbonyl (C=O) groups excluding carboxylic acids is 2. The molecule has 0 atom stereocenters. The van der Waals surface area contributed by atoms with Gasteiger partial charge in [0.2, 0.25) is 5.91 Å². The van der Waals surface area contributed by atoms with Crippen LogP contribution >= 0.6 is 11.3 Å². The molecular formula is C26H21N5O3S. The number of methoxy groups -OCH3 is 1. The minimum atomic E-state index is -0.295. The number of carbonyl (C=O) groups is 2. The maximum Gasteiger partial charge on any atom is 0.259 e. The zero-order chi connectivity index (χ0) is 24.4. The van der Waals surface area contributed by atoms with Crippen LogP contribution in [0.1, 0.15) is 17.3 Å². The van der Waals surface area contributed by atoms with Crippen molar-refractivity contribution in [3.63, 3.8) is 0 Å². The molecule has 8 nitrogen and oxygen atoms in total. The number of rotatable bonds is 6. The fourth-order valence-electron chi connectivity index (χ4n) is 3.64. The molecule has 2 aromatic heterocycles. The van der Waals surface area contributed by atoms with Crippen LogP contribution in [0.4, 0.5) is 10.8 Å². The molecule has 0 spiro atoms. The van der Waals surface area contributed by atoms with Crippen LogP contribution in [0.5, 0.6) is 5.75 Å². The second-order valence-electron chi connectivity index (χ2n) is 7.74. The maximum atomic E-state index is 13.4. The molecule has 0 aliphatic carbocycles. The van der Waals surface area contributed by atoms with Gasteiger partial charge in [0.25, 0.3) is 5.91 Å². The Kier molecular flexibility index (Phi) is 5.99. The monoisotopic (exact) mass is 483 g/mol. The van der Waals surface area contributed by atoms with Crippen molar-refractivity contribution in [2.75, 3.05) is 17.7 Å². The molecule has 0 aliphatic rings.